The molecule has 2 aliphatic heterocycles. The molecule has 2 saturated heterocycles. The molecule has 2 aromatic rings. The summed E-state index contributed by atoms with van der Waals surface area (Å²) in [6.45, 7) is 3.35. The third-order valence-corrected chi connectivity index (χ3v) is 5.15. The summed E-state index contributed by atoms with van der Waals surface area (Å²) in [5, 5.41) is 29.6. The highest BCUT2D eigenvalue weighted by Crippen LogP contribution is 2.32. The first-order valence-corrected chi connectivity index (χ1v) is 8.83. The molecule has 2 fully saturated rings. The summed E-state index contributed by atoms with van der Waals surface area (Å²) in [5.74, 6) is 0.760. The first-order chi connectivity index (χ1) is 12.6. The molecule has 26 heavy (non-hydrogen) atoms. The van der Waals surface area contributed by atoms with Crippen LogP contribution in [0.4, 0.5) is 5.82 Å². The summed E-state index contributed by atoms with van der Waals surface area (Å²) in [6, 6.07) is 0. The third-order valence-electron chi connectivity index (χ3n) is 5.15. The number of rotatable bonds is 3. The number of aromatic nitrogens is 4. The monoisotopic (exact) mass is 364 g/mol. The van der Waals surface area contributed by atoms with Gasteiger partial charge >= 0.3 is 0 Å². The van der Waals surface area contributed by atoms with Gasteiger partial charge < -0.3 is 29.9 Å². The van der Waals surface area contributed by atoms with Crippen LogP contribution in [0.2, 0.25) is 0 Å². The highest BCUT2D eigenvalue weighted by Gasteiger charge is 2.44. The number of hydrogen-bond donors (Lipinski definition) is 3. The van der Waals surface area contributed by atoms with E-state index >= 15 is 0 Å². The fourth-order valence-electron chi connectivity index (χ4n) is 3.63. The molecule has 0 unspecified atom stereocenters. The summed E-state index contributed by atoms with van der Waals surface area (Å²) in [5.41, 5.74) is 1.16. The van der Waals surface area contributed by atoms with Crippen LogP contribution in [-0.2, 0) is 4.74 Å². The summed E-state index contributed by atoms with van der Waals surface area (Å²) in [6.07, 6.45) is 0.0240. The van der Waals surface area contributed by atoms with E-state index in [1.54, 1.807) is 4.57 Å². The van der Waals surface area contributed by atoms with Gasteiger partial charge in [0.15, 0.2) is 23.2 Å². The van der Waals surface area contributed by atoms with Crippen LogP contribution in [0.25, 0.3) is 11.2 Å². The number of fused-ring (bicyclic) bond motifs is 1. The van der Waals surface area contributed by atoms with Crippen molar-refractivity contribution in [2.45, 2.75) is 31.0 Å². The number of aliphatic hydroxyl groups is 3. The van der Waals surface area contributed by atoms with Crippen LogP contribution in [0.5, 0.6) is 0 Å². The highest BCUT2D eigenvalue weighted by molar-refractivity contribution is 5.83. The minimum absolute atomic E-state index is 0.372. The zero-order chi connectivity index (χ0) is 18.3. The van der Waals surface area contributed by atoms with Crippen molar-refractivity contribution in [3.63, 3.8) is 0 Å². The molecular weight excluding hydrogens is 340 g/mol. The van der Waals surface area contributed by atoms with E-state index in [9.17, 15) is 15.3 Å². The van der Waals surface area contributed by atoms with Crippen molar-refractivity contribution >= 4 is 17.0 Å². The Morgan fingerprint density at radius 1 is 1.12 bits per heavy atom. The predicted octanol–water partition coefficient (Wildman–Crippen LogP) is -1.42. The molecule has 2 aromatic heterocycles. The van der Waals surface area contributed by atoms with E-state index in [2.05, 4.69) is 31.8 Å². The lowest BCUT2D eigenvalue weighted by Gasteiger charge is -2.22. The third kappa shape index (κ3) is 2.93. The number of likely N-dealkylation sites (N-methyl/N-ethyl adjacent to an activating group) is 1. The molecule has 0 aliphatic carbocycles. The Hall–Kier alpha value is -1.85. The molecule has 10 nitrogen and oxygen atoms in total. The van der Waals surface area contributed by atoms with Crippen molar-refractivity contribution in [1.82, 2.24) is 24.4 Å². The first-order valence-electron chi connectivity index (χ1n) is 8.83. The lowest BCUT2D eigenvalue weighted by molar-refractivity contribution is -0.0511. The van der Waals surface area contributed by atoms with Gasteiger partial charge in [-0.1, -0.05) is 0 Å². The normalized spacial score (nSPS) is 30.8. The molecule has 4 atom stereocenters. The van der Waals surface area contributed by atoms with Gasteiger partial charge in [0.05, 0.1) is 12.9 Å². The summed E-state index contributed by atoms with van der Waals surface area (Å²) in [4.78, 5) is 17.7. The van der Waals surface area contributed by atoms with Crippen LogP contribution in [-0.4, -0.2) is 97.9 Å². The van der Waals surface area contributed by atoms with Crippen molar-refractivity contribution in [2.24, 2.45) is 0 Å². The van der Waals surface area contributed by atoms with E-state index in [1.807, 2.05) is 0 Å². The van der Waals surface area contributed by atoms with Crippen molar-refractivity contribution in [3.8, 4) is 0 Å². The van der Waals surface area contributed by atoms with E-state index in [-0.39, 0.29) is 6.61 Å². The van der Waals surface area contributed by atoms with Crippen LogP contribution in [0.3, 0.4) is 0 Å². The number of hydrogen-bond acceptors (Lipinski definition) is 9. The first kappa shape index (κ1) is 17.6. The molecule has 0 saturated carbocycles. The van der Waals surface area contributed by atoms with E-state index in [1.165, 1.54) is 12.7 Å². The smallest absolute Gasteiger partial charge is 0.167 e. The van der Waals surface area contributed by atoms with Gasteiger partial charge in [-0.05, 0) is 20.0 Å². The second kappa shape index (κ2) is 7.05. The highest BCUT2D eigenvalue weighted by atomic mass is 16.6. The Morgan fingerprint density at radius 2 is 1.96 bits per heavy atom. The topological polar surface area (TPSA) is 120 Å². The molecular formula is C16H24N6O4. The second-order valence-corrected chi connectivity index (χ2v) is 6.89. The maximum absolute atomic E-state index is 10.3. The van der Waals surface area contributed by atoms with Crippen LogP contribution in [0.15, 0.2) is 12.7 Å². The standard InChI is InChI=1S/C16H24N6O4/c1-20-3-2-4-21(6-5-20)14-11-15(18-8-17-14)22(9-19-11)16-13(25)12(24)10(7-23)26-16/h8-10,12-13,16,23-25H,2-7H2,1H3/t10-,12-,13-,16-/m1/s1. The molecule has 3 N–H and O–H groups in total. The molecule has 0 aromatic carbocycles. The maximum Gasteiger partial charge on any atom is 0.167 e. The van der Waals surface area contributed by atoms with Crippen molar-refractivity contribution in [1.29, 1.82) is 0 Å². The lowest BCUT2D eigenvalue weighted by atomic mass is 10.1. The van der Waals surface area contributed by atoms with Crippen LogP contribution in [0, 0.1) is 0 Å². The van der Waals surface area contributed by atoms with Crippen molar-refractivity contribution in [2.75, 3.05) is 44.7 Å². The van der Waals surface area contributed by atoms with Crippen LogP contribution < -0.4 is 4.90 Å². The fraction of sp³-hybridized carbons (Fsp3) is 0.688. The van der Waals surface area contributed by atoms with Gasteiger partial charge in [0.25, 0.3) is 0 Å². The molecule has 10 heteroatoms. The number of nitrogens with zero attached hydrogens (tertiary/aromatic N) is 6. The average molecular weight is 364 g/mol. The van der Waals surface area contributed by atoms with Gasteiger partial charge in [0.2, 0.25) is 0 Å². The van der Waals surface area contributed by atoms with Gasteiger partial charge in [-0.25, -0.2) is 15.0 Å². The summed E-state index contributed by atoms with van der Waals surface area (Å²) < 4.78 is 7.19. The Labute approximate surface area is 150 Å². The van der Waals surface area contributed by atoms with Crippen molar-refractivity contribution < 1.29 is 20.1 Å². The fourth-order valence-corrected chi connectivity index (χ4v) is 3.63. The second-order valence-electron chi connectivity index (χ2n) is 6.89. The quantitative estimate of drug-likeness (QED) is 0.602. The van der Waals surface area contributed by atoms with Crippen LogP contribution >= 0.6 is 0 Å². The van der Waals surface area contributed by atoms with Gasteiger partial charge in [0, 0.05) is 19.6 Å². The van der Waals surface area contributed by atoms with E-state index < -0.39 is 24.5 Å². The van der Waals surface area contributed by atoms with Gasteiger partial charge in [0.1, 0.15) is 24.6 Å². The molecule has 2 aliphatic rings. The van der Waals surface area contributed by atoms with E-state index in [0.717, 1.165) is 38.4 Å². The number of imidazole rings is 1. The summed E-state index contributed by atoms with van der Waals surface area (Å²) >= 11 is 0. The Balaban J connectivity index is 1.67. The zero-order valence-electron chi connectivity index (χ0n) is 14.6. The zero-order valence-corrected chi connectivity index (χ0v) is 14.6. The number of ether oxygens (including phenoxy) is 1. The molecule has 142 valence electrons. The Bertz CT molecular complexity index is 770. The van der Waals surface area contributed by atoms with E-state index in [0.29, 0.717) is 11.2 Å². The Morgan fingerprint density at radius 3 is 2.73 bits per heavy atom. The number of anilines is 1. The molecule has 0 amide bonds. The summed E-state index contributed by atoms with van der Waals surface area (Å²) in [7, 11) is 2.11. The Kier molecular flexibility index (Phi) is 4.76. The maximum atomic E-state index is 10.3. The minimum atomic E-state index is -1.17. The molecule has 0 radical (unpaired) electrons. The molecule has 4 rings (SSSR count). The number of aliphatic hydroxyl groups excluding tert-OH is 3. The molecule has 4 heterocycles. The largest absolute Gasteiger partial charge is 0.394 e. The van der Waals surface area contributed by atoms with E-state index in [4.69, 9.17) is 4.74 Å². The minimum Gasteiger partial charge on any atom is -0.394 e. The average Bonchev–Trinajstić information content (AvgIpc) is 3.11. The van der Waals surface area contributed by atoms with Crippen LogP contribution in [0.1, 0.15) is 12.6 Å². The van der Waals surface area contributed by atoms with Gasteiger partial charge in [-0.15, -0.1) is 0 Å². The van der Waals surface area contributed by atoms with Crippen molar-refractivity contribution in [3.05, 3.63) is 12.7 Å². The predicted molar refractivity (Wildman–Crippen MR) is 92.7 cm³/mol. The van der Waals surface area contributed by atoms with Gasteiger partial charge in [-0.2, -0.15) is 0 Å². The molecule has 0 bridgehead atoms. The SMILES string of the molecule is CN1CCCN(c2ncnc3c2ncn3[C@@H]2O[C@H](CO)[C@@H](O)[C@H]2O)CC1. The lowest BCUT2D eigenvalue weighted by Crippen LogP contribution is -2.33. The van der Waals surface area contributed by atoms with Gasteiger partial charge in [-0.3, -0.25) is 4.57 Å². The molecule has 0 spiro atoms.